The Hall–Kier alpha value is -2.98. The maximum atomic E-state index is 12.7. The largest absolute Gasteiger partial charge is 0.469 e. The molecule has 1 amide bonds. The number of nitrogens with one attached hydrogen (secondary N) is 3. The molecule has 0 atom stereocenters. The molecule has 160 valence electrons. The smallest absolute Gasteiger partial charge is 0.306 e. The Morgan fingerprint density at radius 3 is 2.17 bits per heavy atom. The van der Waals surface area contributed by atoms with E-state index in [1.54, 1.807) is 0 Å². The lowest BCUT2D eigenvalue weighted by Crippen LogP contribution is -2.34. The number of hydrogen-bond acceptors (Lipinski definition) is 6. The fourth-order valence-electron chi connectivity index (χ4n) is 2.56. The van der Waals surface area contributed by atoms with Crippen LogP contribution in [0.1, 0.15) is 24.0 Å². The second-order valence-corrected chi connectivity index (χ2v) is 8.57. The van der Waals surface area contributed by atoms with Crippen molar-refractivity contribution in [3.8, 4) is 0 Å². The fourth-order valence-corrected chi connectivity index (χ4v) is 3.99. The molecule has 30 heavy (non-hydrogen) atoms. The molecular formula is C20H23N3O5S2. The molecule has 0 aliphatic rings. The number of hydrogen-bond donors (Lipinski definition) is 3. The summed E-state index contributed by atoms with van der Waals surface area (Å²) in [5.41, 5.74) is 2.70. The number of amides is 1. The molecule has 0 heterocycles. The quantitative estimate of drug-likeness (QED) is 0.440. The third kappa shape index (κ3) is 6.53. The molecule has 0 aliphatic carbocycles. The maximum Gasteiger partial charge on any atom is 0.306 e. The van der Waals surface area contributed by atoms with Crippen molar-refractivity contribution < 1.29 is 22.7 Å². The molecule has 0 radical (unpaired) electrons. The van der Waals surface area contributed by atoms with E-state index in [1.165, 1.54) is 31.4 Å². The van der Waals surface area contributed by atoms with Crippen LogP contribution in [-0.2, 0) is 24.3 Å². The van der Waals surface area contributed by atoms with Crippen molar-refractivity contribution in [2.75, 3.05) is 17.1 Å². The van der Waals surface area contributed by atoms with Crippen molar-refractivity contribution in [3.63, 3.8) is 0 Å². The average molecular weight is 450 g/mol. The number of thiocarbonyl (C=S) groups is 1. The number of aryl methyl sites for hydroxylation is 2. The van der Waals surface area contributed by atoms with Gasteiger partial charge >= 0.3 is 5.97 Å². The average Bonchev–Trinajstić information content (AvgIpc) is 2.69. The van der Waals surface area contributed by atoms with Gasteiger partial charge in [0.05, 0.1) is 24.1 Å². The van der Waals surface area contributed by atoms with E-state index in [-0.39, 0.29) is 22.8 Å². The minimum Gasteiger partial charge on any atom is -0.469 e. The number of benzene rings is 2. The van der Waals surface area contributed by atoms with E-state index in [2.05, 4.69) is 20.1 Å². The molecule has 0 aromatic heterocycles. The molecule has 3 N–H and O–H groups in total. The van der Waals surface area contributed by atoms with Gasteiger partial charge in [-0.3, -0.25) is 14.3 Å². The Kier molecular flexibility index (Phi) is 7.90. The topological polar surface area (TPSA) is 114 Å². The van der Waals surface area contributed by atoms with Gasteiger partial charge in [-0.2, -0.15) is 0 Å². The van der Waals surface area contributed by atoms with Crippen LogP contribution >= 0.6 is 12.2 Å². The number of carbonyl (C=O) groups is 2. The first-order chi connectivity index (χ1) is 14.1. The molecule has 2 rings (SSSR count). The van der Waals surface area contributed by atoms with Crippen LogP contribution in [0.3, 0.4) is 0 Å². The number of esters is 1. The fraction of sp³-hybridized carbons (Fsp3) is 0.250. The van der Waals surface area contributed by atoms with E-state index >= 15 is 0 Å². The van der Waals surface area contributed by atoms with Gasteiger partial charge in [-0.1, -0.05) is 18.2 Å². The monoisotopic (exact) mass is 449 g/mol. The van der Waals surface area contributed by atoms with Crippen LogP contribution in [0.15, 0.2) is 47.4 Å². The summed E-state index contributed by atoms with van der Waals surface area (Å²) in [5.74, 6) is -0.926. The molecule has 0 unspecified atom stereocenters. The van der Waals surface area contributed by atoms with E-state index in [9.17, 15) is 18.0 Å². The predicted octanol–water partition coefficient (Wildman–Crippen LogP) is 2.87. The summed E-state index contributed by atoms with van der Waals surface area (Å²) in [6.07, 6.45) is -0.111. The molecular weight excluding hydrogens is 426 g/mol. The molecule has 0 bridgehead atoms. The van der Waals surface area contributed by atoms with Gasteiger partial charge in [-0.15, -0.1) is 0 Å². The molecule has 8 nitrogen and oxygen atoms in total. The summed E-state index contributed by atoms with van der Waals surface area (Å²) < 4.78 is 32.5. The number of rotatable bonds is 7. The van der Waals surface area contributed by atoms with Gasteiger partial charge in [0.2, 0.25) is 5.91 Å². The second kappa shape index (κ2) is 10.2. The minimum atomic E-state index is -3.76. The normalized spacial score (nSPS) is 10.8. The first-order valence-electron chi connectivity index (χ1n) is 8.99. The van der Waals surface area contributed by atoms with Crippen LogP contribution in [0.4, 0.5) is 11.4 Å². The molecule has 0 fully saturated rings. The Bertz CT molecular complexity index is 1030. The Balaban J connectivity index is 1.99. The lowest BCUT2D eigenvalue weighted by Gasteiger charge is -2.14. The Morgan fingerprint density at radius 2 is 1.60 bits per heavy atom. The lowest BCUT2D eigenvalue weighted by molar-refractivity contribution is -0.142. The first kappa shape index (κ1) is 23.3. The van der Waals surface area contributed by atoms with Gasteiger partial charge in [0, 0.05) is 12.1 Å². The van der Waals surface area contributed by atoms with Crippen molar-refractivity contribution in [2.45, 2.75) is 31.6 Å². The Morgan fingerprint density at radius 1 is 1.00 bits per heavy atom. The maximum absolute atomic E-state index is 12.7. The van der Waals surface area contributed by atoms with Gasteiger partial charge in [-0.25, -0.2) is 8.42 Å². The van der Waals surface area contributed by atoms with Crippen LogP contribution in [0.25, 0.3) is 0 Å². The van der Waals surface area contributed by atoms with Crippen LogP contribution in [0, 0.1) is 13.8 Å². The third-order valence-corrected chi connectivity index (χ3v) is 5.75. The number of anilines is 2. The number of carbonyl (C=O) groups excluding carboxylic acids is 2. The Labute approximate surface area is 181 Å². The molecule has 0 spiro atoms. The summed E-state index contributed by atoms with van der Waals surface area (Å²) in [6, 6.07) is 11.5. The summed E-state index contributed by atoms with van der Waals surface area (Å²) >= 11 is 5.05. The number of para-hydroxylation sites is 1. The van der Waals surface area contributed by atoms with Crippen molar-refractivity contribution in [1.29, 1.82) is 0 Å². The zero-order chi connectivity index (χ0) is 22.3. The molecule has 2 aromatic carbocycles. The molecule has 0 aliphatic heterocycles. The molecule has 2 aromatic rings. The molecule has 0 saturated carbocycles. The lowest BCUT2D eigenvalue weighted by atomic mass is 10.1. The zero-order valence-electron chi connectivity index (χ0n) is 16.8. The highest BCUT2D eigenvalue weighted by Crippen LogP contribution is 2.24. The third-order valence-electron chi connectivity index (χ3n) is 4.18. The van der Waals surface area contributed by atoms with E-state index < -0.39 is 21.9 Å². The first-order valence-corrected chi connectivity index (χ1v) is 10.9. The summed E-state index contributed by atoms with van der Waals surface area (Å²) in [5, 5.41) is 5.27. The predicted molar refractivity (Wildman–Crippen MR) is 119 cm³/mol. The standard InChI is InChI=1S/C20H23N3O5S2/c1-13-5-4-6-14(2)19(13)23-30(26,27)16-9-7-15(8-10-16)21-20(29)22-17(24)11-12-18(25)28-3/h4-10,23H,11-12H2,1-3H3,(H2,21,22,24,29). The van der Waals surface area contributed by atoms with Crippen LogP contribution in [-0.4, -0.2) is 32.5 Å². The van der Waals surface area contributed by atoms with Crippen LogP contribution in [0.5, 0.6) is 0 Å². The van der Waals surface area contributed by atoms with E-state index in [0.29, 0.717) is 11.4 Å². The van der Waals surface area contributed by atoms with Gasteiger partial charge < -0.3 is 15.4 Å². The van der Waals surface area contributed by atoms with Crippen molar-refractivity contribution in [1.82, 2.24) is 5.32 Å². The van der Waals surface area contributed by atoms with Crippen molar-refractivity contribution >= 4 is 50.6 Å². The van der Waals surface area contributed by atoms with Crippen molar-refractivity contribution in [2.24, 2.45) is 0 Å². The summed E-state index contributed by atoms with van der Waals surface area (Å²) in [7, 11) is -2.52. The number of ether oxygens (including phenoxy) is 1. The van der Waals surface area contributed by atoms with Crippen LogP contribution in [0.2, 0.25) is 0 Å². The van der Waals surface area contributed by atoms with Gasteiger partial charge in [0.15, 0.2) is 5.11 Å². The molecule has 0 saturated heterocycles. The van der Waals surface area contributed by atoms with Crippen LogP contribution < -0.4 is 15.4 Å². The summed E-state index contributed by atoms with van der Waals surface area (Å²) in [6.45, 7) is 3.66. The number of sulfonamides is 1. The number of methoxy groups -OCH3 is 1. The second-order valence-electron chi connectivity index (χ2n) is 6.48. The highest BCUT2D eigenvalue weighted by Gasteiger charge is 2.16. The van der Waals surface area contributed by atoms with Gasteiger partial charge in [0.25, 0.3) is 10.0 Å². The van der Waals surface area contributed by atoms with Gasteiger partial charge in [0.1, 0.15) is 0 Å². The van der Waals surface area contributed by atoms with Crippen molar-refractivity contribution in [3.05, 3.63) is 53.6 Å². The minimum absolute atomic E-state index is 0.0362. The van der Waals surface area contributed by atoms with E-state index in [4.69, 9.17) is 12.2 Å². The highest BCUT2D eigenvalue weighted by atomic mass is 32.2. The SMILES string of the molecule is COC(=O)CCC(=O)NC(=S)Nc1ccc(S(=O)(=O)Nc2c(C)cccc2C)cc1. The van der Waals surface area contributed by atoms with E-state index in [0.717, 1.165) is 11.1 Å². The highest BCUT2D eigenvalue weighted by molar-refractivity contribution is 7.92. The van der Waals surface area contributed by atoms with E-state index in [1.807, 2.05) is 32.0 Å². The zero-order valence-corrected chi connectivity index (χ0v) is 18.4. The van der Waals surface area contributed by atoms with Gasteiger partial charge in [-0.05, 0) is 61.5 Å². The summed E-state index contributed by atoms with van der Waals surface area (Å²) in [4.78, 5) is 22.9. The molecule has 10 heteroatoms.